The highest BCUT2D eigenvalue weighted by molar-refractivity contribution is 7.93. The molecule has 1 heterocycles. The van der Waals surface area contributed by atoms with Crippen LogP contribution < -0.4 is 0 Å². The number of carbonyl (C=O) groups excluding carboxylic acids is 3. The summed E-state index contributed by atoms with van der Waals surface area (Å²) in [4.78, 5) is 42.0. The van der Waals surface area contributed by atoms with Gasteiger partial charge in [-0.3, -0.25) is 14.4 Å². The molecule has 10 heteroatoms. The number of esters is 2. The average Bonchev–Trinajstić information content (AvgIpc) is 3.26. The van der Waals surface area contributed by atoms with Crippen molar-refractivity contribution in [2.45, 2.75) is 277 Å². The Balaban J connectivity index is 1.16. The number of ether oxygens (including phenoxy) is 3. The summed E-state index contributed by atoms with van der Waals surface area (Å²) >= 11 is 0.916. The van der Waals surface area contributed by atoms with E-state index in [9.17, 15) is 19.8 Å². The van der Waals surface area contributed by atoms with Crippen LogP contribution in [0.3, 0.4) is 0 Å². The Hall–Kier alpha value is -1.46. The van der Waals surface area contributed by atoms with Crippen LogP contribution in [0, 0.1) is 22.7 Å². The molecule has 1 saturated heterocycles. The third-order valence-electron chi connectivity index (χ3n) is 16.5. The van der Waals surface area contributed by atoms with Gasteiger partial charge in [-0.15, -0.1) is 0 Å². The van der Waals surface area contributed by atoms with Gasteiger partial charge in [0.25, 0.3) is 0 Å². The molecule has 9 atom stereocenters. The zero-order valence-corrected chi connectivity index (χ0v) is 42.6. The van der Waals surface area contributed by atoms with Crippen molar-refractivity contribution < 1.29 is 44.4 Å². The molecule has 0 amide bonds. The van der Waals surface area contributed by atoms with Crippen molar-refractivity contribution in [3.63, 3.8) is 0 Å². The molecule has 1 aliphatic heterocycles. The zero-order chi connectivity index (χ0) is 47.5. The minimum absolute atomic E-state index is 0.0166. The van der Waals surface area contributed by atoms with Crippen molar-refractivity contribution >= 4 is 29.8 Å². The normalized spacial score (nSPS) is 31.0. The van der Waals surface area contributed by atoms with Gasteiger partial charge in [0.2, 0.25) is 0 Å². The molecule has 2 bridgehead atoms. The first-order valence-electron chi connectivity index (χ1n) is 27.1. The van der Waals surface area contributed by atoms with E-state index in [1.165, 1.54) is 155 Å². The van der Waals surface area contributed by atoms with E-state index in [1.807, 2.05) is 13.8 Å². The van der Waals surface area contributed by atoms with Gasteiger partial charge in [0.05, 0.1) is 18.8 Å². The fourth-order valence-corrected chi connectivity index (χ4v) is 12.6. The van der Waals surface area contributed by atoms with Gasteiger partial charge in [0, 0.05) is 44.1 Å². The van der Waals surface area contributed by atoms with Gasteiger partial charge in [-0.25, -0.2) is 0 Å². The first-order chi connectivity index (χ1) is 31.1. The predicted molar refractivity (Wildman–Crippen MR) is 260 cm³/mol. The summed E-state index contributed by atoms with van der Waals surface area (Å²) in [5.74, 6) is -2.92. The number of rotatable bonds is 32. The summed E-state index contributed by atoms with van der Waals surface area (Å²) in [7, 11) is 0. The van der Waals surface area contributed by atoms with E-state index in [1.54, 1.807) is 20.8 Å². The minimum atomic E-state index is -1.85. The van der Waals surface area contributed by atoms with Crippen LogP contribution in [0.5, 0.6) is 0 Å². The van der Waals surface area contributed by atoms with Crippen molar-refractivity contribution in [3.8, 4) is 0 Å². The van der Waals surface area contributed by atoms with Crippen LogP contribution in [-0.2, 0) is 32.8 Å². The molecule has 0 unspecified atom stereocenters. The van der Waals surface area contributed by atoms with E-state index >= 15 is 4.79 Å². The van der Waals surface area contributed by atoms with Gasteiger partial charge in [0.15, 0.2) is 11.9 Å². The van der Waals surface area contributed by atoms with Gasteiger partial charge in [-0.2, -0.15) is 0 Å². The molecule has 0 radical (unpaired) electrons. The summed E-state index contributed by atoms with van der Waals surface area (Å²) in [6.45, 7) is 12.6. The number of hydrogen-bond donors (Lipinski definition) is 2. The van der Waals surface area contributed by atoms with Gasteiger partial charge < -0.3 is 28.6 Å². The quantitative estimate of drug-likeness (QED) is 0.0291. The number of Topliss-reactive ketones (excluding diaryl/α,β-unsaturated/α-hetero) is 1. The molecule has 370 valence electrons. The van der Waals surface area contributed by atoms with Crippen LogP contribution >= 0.6 is 12.0 Å². The lowest BCUT2D eigenvalue weighted by Gasteiger charge is -2.67. The lowest BCUT2D eigenvalue weighted by molar-refractivity contribution is -0.339. The van der Waals surface area contributed by atoms with Crippen molar-refractivity contribution in [3.05, 3.63) is 11.1 Å². The Morgan fingerprint density at radius 3 is 1.61 bits per heavy atom. The summed E-state index contributed by atoms with van der Waals surface area (Å²) in [6, 6.07) is 0. The molecule has 4 aliphatic rings. The zero-order valence-electron chi connectivity index (χ0n) is 42.8. The third kappa shape index (κ3) is 13.8. The number of hydrogen-bond acceptors (Lipinski definition) is 10. The van der Waals surface area contributed by atoms with Gasteiger partial charge in [-0.1, -0.05) is 202 Å². The maximum atomic E-state index is 15.3. The largest absolute Gasteiger partial charge is 0.459 e. The number of carbonyl (C=O) groups is 3. The molecular weight excluding hydrogens is 825 g/mol. The van der Waals surface area contributed by atoms with Crippen molar-refractivity contribution in [2.24, 2.45) is 22.7 Å². The summed E-state index contributed by atoms with van der Waals surface area (Å²) < 4.78 is 32.0. The predicted octanol–water partition coefficient (Wildman–Crippen LogP) is 13.3. The first kappa shape index (κ1) is 53.5. The monoisotopic (exact) mass is 921 g/mol. The van der Waals surface area contributed by atoms with Crippen LogP contribution in [0.4, 0.5) is 0 Å². The average molecular weight is 921 g/mol. The maximum Gasteiger partial charge on any atom is 0.306 e. The topological polar surface area (TPSA) is 129 Å². The Morgan fingerprint density at radius 2 is 1.20 bits per heavy atom. The molecule has 0 aromatic heterocycles. The van der Waals surface area contributed by atoms with Crippen LogP contribution in [0.25, 0.3) is 0 Å². The van der Waals surface area contributed by atoms with Gasteiger partial charge >= 0.3 is 11.9 Å². The summed E-state index contributed by atoms with van der Waals surface area (Å²) in [5, 5.41) is 25.4. The van der Waals surface area contributed by atoms with E-state index in [0.29, 0.717) is 24.0 Å². The smallest absolute Gasteiger partial charge is 0.306 e. The van der Waals surface area contributed by atoms with E-state index in [0.717, 1.165) is 31.3 Å². The van der Waals surface area contributed by atoms with Gasteiger partial charge in [0.1, 0.15) is 17.3 Å². The lowest BCUT2D eigenvalue weighted by atomic mass is 9.43. The van der Waals surface area contributed by atoms with Gasteiger partial charge in [-0.05, 0) is 48.9 Å². The molecule has 4 rings (SSSR count). The standard InChI is InChI=1S/C54H94O9S/c1-9-10-11-12-13-14-15-16-17-18-19-20-21-22-23-24-25-26-27-28-29-30-31-32-33-34-35-36-45(56)62-47-46-41(3)43(63-64-8)38-54(59,51(46,5)6)50(61-42(4)55)48-52(7,49(47)57)40(2)37-44-53(48,58)39-60-44/h40,43-44,47-48,50,58-59H,9-39H2,1-8H3/t40-,43-,44+,47+,48-,50-,52+,53-,54+/m0/s1/i8T. The van der Waals surface area contributed by atoms with Crippen molar-refractivity contribution in [2.75, 3.05) is 12.8 Å². The van der Waals surface area contributed by atoms with Crippen LogP contribution in [0.2, 0.25) is 0 Å². The molecule has 64 heavy (non-hydrogen) atoms. The lowest BCUT2D eigenvalue weighted by Crippen LogP contribution is -2.80. The highest BCUT2D eigenvalue weighted by atomic mass is 32.2. The second kappa shape index (κ2) is 26.9. The molecule has 3 fully saturated rings. The Labute approximate surface area is 396 Å². The van der Waals surface area contributed by atoms with Crippen molar-refractivity contribution in [1.82, 2.24) is 0 Å². The molecule has 2 saturated carbocycles. The molecule has 0 spiro atoms. The highest BCUT2D eigenvalue weighted by Gasteiger charge is 2.76. The number of aliphatic hydroxyl groups is 2. The number of unbranched alkanes of at least 4 members (excludes halogenated alkanes) is 26. The summed E-state index contributed by atoms with van der Waals surface area (Å²) in [5.41, 5.74) is -4.95. The van der Waals surface area contributed by atoms with Crippen LogP contribution in [-0.4, -0.2) is 76.4 Å². The van der Waals surface area contributed by atoms with Crippen LogP contribution in [0.1, 0.15) is 242 Å². The second-order valence-corrected chi connectivity index (χ2v) is 21.9. The fourth-order valence-electron chi connectivity index (χ4n) is 12.2. The Kier molecular flexibility index (Phi) is 22.5. The Morgan fingerprint density at radius 1 is 0.750 bits per heavy atom. The maximum absolute atomic E-state index is 15.3. The molecular formula is C54H94O9S. The third-order valence-corrected chi connectivity index (χ3v) is 16.9. The number of ketones is 1. The van der Waals surface area contributed by atoms with E-state index in [4.69, 9.17) is 19.8 Å². The SMILES string of the molecule is [3H]CSO[C@H]1C[C@@]2(O)[C@@H](OC(C)=O)[C@@H]3[C@]4(O)CO[C@@H]4C[C@H](C)[C@@]3(C)C(=O)[C@H](OC(=O)CCCCCCCCCCCCCCCCCCCCCCCCCCCCC)C(=C1C)C2(C)C. The molecule has 2 N–H and O–H groups in total. The number of fused-ring (bicyclic) bond motifs is 5. The van der Waals surface area contributed by atoms with E-state index in [-0.39, 0.29) is 37.4 Å². The molecule has 0 aromatic carbocycles. The highest BCUT2D eigenvalue weighted by Crippen LogP contribution is 2.64. The minimum Gasteiger partial charge on any atom is -0.459 e. The first-order valence-corrected chi connectivity index (χ1v) is 27.3. The van der Waals surface area contributed by atoms with E-state index < -0.39 is 64.3 Å². The second-order valence-electron chi connectivity index (χ2n) is 21.4. The molecule has 3 aliphatic carbocycles. The fraction of sp³-hybridized carbons (Fsp3) is 0.907. The van der Waals surface area contributed by atoms with E-state index in [2.05, 4.69) is 6.92 Å². The summed E-state index contributed by atoms with van der Waals surface area (Å²) in [6.07, 6.45) is 32.0. The Bertz CT molecular complexity index is 1490. The van der Waals surface area contributed by atoms with Crippen molar-refractivity contribution in [1.29, 1.82) is 0 Å². The van der Waals surface area contributed by atoms with Crippen LogP contribution in [0.15, 0.2) is 11.1 Å². The molecule has 0 aromatic rings. The molecule has 9 nitrogen and oxygen atoms in total.